The molecule has 0 radical (unpaired) electrons. The smallest absolute Gasteiger partial charge is 0.222 e. The van der Waals surface area contributed by atoms with Gasteiger partial charge in [0.25, 0.3) is 0 Å². The number of amides is 1. The van der Waals surface area contributed by atoms with Gasteiger partial charge in [0.2, 0.25) is 5.91 Å². The van der Waals surface area contributed by atoms with E-state index in [1.54, 1.807) is 0 Å². The minimum atomic E-state index is 0.395. The lowest BCUT2D eigenvalue weighted by atomic mass is 9.94. The van der Waals surface area contributed by atoms with Gasteiger partial charge in [-0.2, -0.15) is 0 Å². The normalized spacial score (nSPS) is 22.8. The number of likely N-dealkylation sites (tertiary alicyclic amines) is 1. The van der Waals surface area contributed by atoms with E-state index in [-0.39, 0.29) is 0 Å². The van der Waals surface area contributed by atoms with Crippen LogP contribution in [0, 0.1) is 18.8 Å². The molecular formula is C23H37N3O2. The van der Waals surface area contributed by atoms with Crippen LogP contribution in [0.3, 0.4) is 0 Å². The van der Waals surface area contributed by atoms with Crippen LogP contribution in [0.2, 0.25) is 0 Å². The van der Waals surface area contributed by atoms with Crippen molar-refractivity contribution in [2.45, 2.75) is 83.6 Å². The number of hydrogen-bond donors (Lipinski definition) is 0. The van der Waals surface area contributed by atoms with Crippen LogP contribution < -0.4 is 0 Å². The average Bonchev–Trinajstić information content (AvgIpc) is 3.38. The number of imidazole rings is 1. The standard InChI is InChI=1S/C23H37N3O2/c1-18-16-24-23(21-10-14-28-15-11-21)26(18)17-20-8-12-25(13-9-20)22(27)7-6-19-4-2-3-5-19/h16,19-21H,2-15,17H2,1H3. The summed E-state index contributed by atoms with van der Waals surface area (Å²) in [5, 5.41) is 0. The fraction of sp³-hybridized carbons (Fsp3) is 0.826. The molecule has 28 heavy (non-hydrogen) atoms. The third kappa shape index (κ3) is 4.79. The second kappa shape index (κ2) is 9.43. The number of rotatable bonds is 6. The van der Waals surface area contributed by atoms with Crippen LogP contribution >= 0.6 is 0 Å². The lowest BCUT2D eigenvalue weighted by molar-refractivity contribution is -0.133. The highest BCUT2D eigenvalue weighted by molar-refractivity contribution is 5.76. The summed E-state index contributed by atoms with van der Waals surface area (Å²) in [7, 11) is 0. The third-order valence-corrected chi connectivity index (χ3v) is 7.32. The molecule has 0 atom stereocenters. The van der Waals surface area contributed by atoms with Crippen LogP contribution in [0.5, 0.6) is 0 Å². The van der Waals surface area contributed by atoms with Crippen LogP contribution in [0.1, 0.15) is 81.6 Å². The molecular weight excluding hydrogens is 350 g/mol. The van der Waals surface area contributed by atoms with Gasteiger partial charge in [-0.1, -0.05) is 25.7 Å². The van der Waals surface area contributed by atoms with Crippen molar-refractivity contribution < 1.29 is 9.53 Å². The van der Waals surface area contributed by atoms with Crippen molar-refractivity contribution in [1.82, 2.24) is 14.5 Å². The molecule has 5 nitrogen and oxygen atoms in total. The summed E-state index contributed by atoms with van der Waals surface area (Å²) in [5.74, 6) is 3.67. The predicted octanol–water partition coefficient (Wildman–Crippen LogP) is 4.29. The summed E-state index contributed by atoms with van der Waals surface area (Å²) >= 11 is 0. The van der Waals surface area contributed by atoms with E-state index in [4.69, 9.17) is 9.72 Å². The van der Waals surface area contributed by atoms with Gasteiger partial charge in [0.05, 0.1) is 0 Å². The van der Waals surface area contributed by atoms with Crippen molar-refractivity contribution in [2.75, 3.05) is 26.3 Å². The molecule has 3 fully saturated rings. The highest BCUT2D eigenvalue weighted by Gasteiger charge is 2.27. The number of carbonyl (C=O) groups is 1. The second-order valence-corrected chi connectivity index (χ2v) is 9.27. The highest BCUT2D eigenvalue weighted by Crippen LogP contribution is 2.30. The third-order valence-electron chi connectivity index (χ3n) is 7.32. The van der Waals surface area contributed by atoms with Crippen molar-refractivity contribution in [2.24, 2.45) is 11.8 Å². The van der Waals surface area contributed by atoms with E-state index in [1.807, 2.05) is 6.20 Å². The molecule has 1 aliphatic carbocycles. The van der Waals surface area contributed by atoms with E-state index in [2.05, 4.69) is 16.4 Å². The summed E-state index contributed by atoms with van der Waals surface area (Å²) in [5.41, 5.74) is 1.27. The van der Waals surface area contributed by atoms with E-state index in [9.17, 15) is 4.79 Å². The number of piperidine rings is 1. The first-order valence-electron chi connectivity index (χ1n) is 11.6. The Balaban J connectivity index is 1.26. The summed E-state index contributed by atoms with van der Waals surface area (Å²) < 4.78 is 7.99. The van der Waals surface area contributed by atoms with Crippen molar-refractivity contribution in [3.8, 4) is 0 Å². The lowest BCUT2D eigenvalue weighted by Gasteiger charge is -2.33. The van der Waals surface area contributed by atoms with Gasteiger partial charge in [-0.15, -0.1) is 0 Å². The highest BCUT2D eigenvalue weighted by atomic mass is 16.5. The van der Waals surface area contributed by atoms with Gasteiger partial charge < -0.3 is 14.2 Å². The van der Waals surface area contributed by atoms with Gasteiger partial charge in [0, 0.05) is 57.1 Å². The first-order chi connectivity index (χ1) is 13.7. The van der Waals surface area contributed by atoms with E-state index < -0.39 is 0 Å². The van der Waals surface area contributed by atoms with Crippen molar-refractivity contribution >= 4 is 5.91 Å². The van der Waals surface area contributed by atoms with Crippen LogP contribution in [0.4, 0.5) is 0 Å². The van der Waals surface area contributed by atoms with Crippen LogP contribution in [-0.2, 0) is 16.1 Å². The molecule has 0 aromatic carbocycles. The maximum Gasteiger partial charge on any atom is 0.222 e. The molecule has 4 rings (SSSR count). The molecule has 1 aromatic heterocycles. The number of ether oxygens (including phenoxy) is 1. The number of hydrogen-bond acceptors (Lipinski definition) is 3. The average molecular weight is 388 g/mol. The fourth-order valence-corrected chi connectivity index (χ4v) is 5.41. The Hall–Kier alpha value is -1.36. The molecule has 0 N–H and O–H groups in total. The molecule has 5 heteroatoms. The molecule has 3 aliphatic rings. The van der Waals surface area contributed by atoms with Crippen molar-refractivity contribution in [1.29, 1.82) is 0 Å². The summed E-state index contributed by atoms with van der Waals surface area (Å²) in [6, 6.07) is 0. The van der Waals surface area contributed by atoms with Gasteiger partial charge in [-0.05, 0) is 50.9 Å². The SMILES string of the molecule is Cc1cnc(C2CCOCC2)n1CC1CCN(C(=O)CCC2CCCC2)CC1. The van der Waals surface area contributed by atoms with Crippen LogP contribution in [0.25, 0.3) is 0 Å². The first kappa shape index (κ1) is 19.9. The maximum absolute atomic E-state index is 12.6. The second-order valence-electron chi connectivity index (χ2n) is 9.27. The Kier molecular flexibility index (Phi) is 6.71. The zero-order valence-corrected chi connectivity index (χ0v) is 17.6. The fourth-order valence-electron chi connectivity index (χ4n) is 5.41. The number of nitrogens with zero attached hydrogens (tertiary/aromatic N) is 3. The molecule has 1 aromatic rings. The Morgan fingerprint density at radius 1 is 1.07 bits per heavy atom. The van der Waals surface area contributed by atoms with E-state index in [1.165, 1.54) is 37.2 Å². The van der Waals surface area contributed by atoms with Crippen molar-refractivity contribution in [3.63, 3.8) is 0 Å². The molecule has 3 heterocycles. The number of carbonyl (C=O) groups excluding carboxylic acids is 1. The molecule has 1 amide bonds. The number of aromatic nitrogens is 2. The predicted molar refractivity (Wildman–Crippen MR) is 110 cm³/mol. The van der Waals surface area contributed by atoms with Crippen LogP contribution in [0.15, 0.2) is 6.20 Å². The zero-order valence-electron chi connectivity index (χ0n) is 17.6. The number of aryl methyl sites for hydroxylation is 1. The largest absolute Gasteiger partial charge is 0.381 e. The van der Waals surface area contributed by atoms with Gasteiger partial charge in [0.1, 0.15) is 5.82 Å². The molecule has 2 saturated heterocycles. The van der Waals surface area contributed by atoms with E-state index >= 15 is 0 Å². The Bertz CT molecular complexity index is 636. The topological polar surface area (TPSA) is 47.4 Å². The zero-order chi connectivity index (χ0) is 19.3. The van der Waals surface area contributed by atoms with Gasteiger partial charge in [-0.25, -0.2) is 4.98 Å². The Labute approximate surface area is 169 Å². The minimum absolute atomic E-state index is 0.395. The van der Waals surface area contributed by atoms with Crippen LogP contribution in [-0.4, -0.2) is 46.7 Å². The van der Waals surface area contributed by atoms with Gasteiger partial charge in [-0.3, -0.25) is 4.79 Å². The van der Waals surface area contributed by atoms with E-state index in [0.29, 0.717) is 17.7 Å². The molecule has 2 aliphatic heterocycles. The molecule has 156 valence electrons. The quantitative estimate of drug-likeness (QED) is 0.731. The lowest BCUT2D eigenvalue weighted by Crippen LogP contribution is -2.39. The first-order valence-corrected chi connectivity index (χ1v) is 11.6. The summed E-state index contributed by atoms with van der Waals surface area (Å²) in [6.07, 6.45) is 13.8. The molecule has 0 bridgehead atoms. The van der Waals surface area contributed by atoms with Crippen molar-refractivity contribution in [3.05, 3.63) is 17.7 Å². The Morgan fingerprint density at radius 3 is 2.50 bits per heavy atom. The summed E-state index contributed by atoms with van der Waals surface area (Å²) in [4.78, 5) is 19.5. The minimum Gasteiger partial charge on any atom is -0.381 e. The van der Waals surface area contributed by atoms with Gasteiger partial charge in [0.15, 0.2) is 0 Å². The molecule has 1 saturated carbocycles. The van der Waals surface area contributed by atoms with E-state index in [0.717, 1.165) is 77.3 Å². The molecule has 0 unspecified atom stereocenters. The monoisotopic (exact) mass is 387 g/mol. The Morgan fingerprint density at radius 2 is 1.79 bits per heavy atom. The molecule has 0 spiro atoms. The summed E-state index contributed by atoms with van der Waals surface area (Å²) in [6.45, 7) is 6.83. The van der Waals surface area contributed by atoms with Gasteiger partial charge >= 0.3 is 0 Å². The maximum atomic E-state index is 12.6.